The predicted octanol–water partition coefficient (Wildman–Crippen LogP) is 0.887. The molecule has 0 amide bonds. The number of methoxy groups -OCH3 is 1. The zero-order valence-corrected chi connectivity index (χ0v) is 11.5. The van der Waals surface area contributed by atoms with E-state index in [4.69, 9.17) is 9.47 Å². The van der Waals surface area contributed by atoms with Crippen LogP contribution in [0, 0.1) is 10.1 Å². The van der Waals surface area contributed by atoms with Crippen molar-refractivity contribution in [3.63, 3.8) is 0 Å². The molecule has 1 aromatic carbocycles. The summed E-state index contributed by atoms with van der Waals surface area (Å²) in [5, 5.41) is 14.3. The monoisotopic (exact) mass is 281 g/mol. The van der Waals surface area contributed by atoms with E-state index in [1.165, 1.54) is 13.2 Å². The highest BCUT2D eigenvalue weighted by molar-refractivity contribution is 5.50. The number of nitrogens with zero attached hydrogens (tertiary/aromatic N) is 2. The molecule has 7 nitrogen and oxygen atoms in total. The Morgan fingerprint density at radius 2 is 2.15 bits per heavy atom. The summed E-state index contributed by atoms with van der Waals surface area (Å²) in [6, 6.07) is 4.61. The molecule has 0 saturated carbocycles. The van der Waals surface area contributed by atoms with Crippen molar-refractivity contribution in [1.29, 1.82) is 0 Å². The molecule has 1 heterocycles. The summed E-state index contributed by atoms with van der Waals surface area (Å²) in [6.07, 6.45) is 0. The first kappa shape index (κ1) is 14.5. The van der Waals surface area contributed by atoms with Gasteiger partial charge in [-0.1, -0.05) is 0 Å². The zero-order valence-electron chi connectivity index (χ0n) is 11.5. The lowest BCUT2D eigenvalue weighted by Crippen LogP contribution is -2.44. The molecule has 0 aliphatic carbocycles. The zero-order chi connectivity index (χ0) is 14.4. The summed E-state index contributed by atoms with van der Waals surface area (Å²) < 4.78 is 10.5. The summed E-state index contributed by atoms with van der Waals surface area (Å²) >= 11 is 0. The second-order valence-corrected chi connectivity index (χ2v) is 4.53. The summed E-state index contributed by atoms with van der Waals surface area (Å²) in [4.78, 5) is 12.8. The smallest absolute Gasteiger partial charge is 0.314 e. The number of nitro benzene ring substituents is 1. The molecule has 1 fully saturated rings. The Hall–Kier alpha value is -1.86. The quantitative estimate of drug-likeness (QED) is 0.616. The van der Waals surface area contributed by atoms with Crippen molar-refractivity contribution in [3.05, 3.63) is 28.3 Å². The van der Waals surface area contributed by atoms with Crippen LogP contribution in [0.3, 0.4) is 0 Å². The lowest BCUT2D eigenvalue weighted by Gasteiger charge is -2.26. The van der Waals surface area contributed by atoms with Gasteiger partial charge < -0.3 is 14.8 Å². The van der Waals surface area contributed by atoms with Gasteiger partial charge in [0.15, 0.2) is 5.75 Å². The van der Waals surface area contributed by atoms with Crippen molar-refractivity contribution in [3.8, 4) is 11.5 Å². The second kappa shape index (κ2) is 7.06. The van der Waals surface area contributed by atoms with Crippen molar-refractivity contribution in [1.82, 2.24) is 10.2 Å². The van der Waals surface area contributed by atoms with Gasteiger partial charge in [-0.25, -0.2) is 0 Å². The van der Waals surface area contributed by atoms with Gasteiger partial charge in [0.25, 0.3) is 0 Å². The fourth-order valence-electron chi connectivity index (χ4n) is 2.11. The molecule has 7 heteroatoms. The number of nitro groups is 1. The van der Waals surface area contributed by atoms with E-state index >= 15 is 0 Å². The molecule has 110 valence electrons. The molecule has 2 rings (SSSR count). The third-order valence-corrected chi connectivity index (χ3v) is 3.24. The van der Waals surface area contributed by atoms with Crippen molar-refractivity contribution in [2.75, 3.05) is 46.4 Å². The number of benzene rings is 1. The van der Waals surface area contributed by atoms with Gasteiger partial charge in [0, 0.05) is 32.7 Å². The number of ether oxygens (including phenoxy) is 2. The van der Waals surface area contributed by atoms with Gasteiger partial charge >= 0.3 is 5.69 Å². The van der Waals surface area contributed by atoms with Crippen LogP contribution in [0.4, 0.5) is 5.69 Å². The van der Waals surface area contributed by atoms with E-state index in [-0.39, 0.29) is 11.4 Å². The fourth-order valence-corrected chi connectivity index (χ4v) is 2.11. The van der Waals surface area contributed by atoms with Gasteiger partial charge in [-0.2, -0.15) is 0 Å². The van der Waals surface area contributed by atoms with Crippen molar-refractivity contribution in [2.45, 2.75) is 0 Å². The Bertz CT molecular complexity index is 461. The van der Waals surface area contributed by atoms with Crippen LogP contribution in [0.15, 0.2) is 18.2 Å². The molecule has 1 aromatic rings. The van der Waals surface area contributed by atoms with E-state index in [0.29, 0.717) is 12.4 Å². The molecule has 0 radical (unpaired) electrons. The Morgan fingerprint density at radius 3 is 2.80 bits per heavy atom. The molecule has 0 unspecified atom stereocenters. The lowest BCUT2D eigenvalue weighted by molar-refractivity contribution is -0.385. The Morgan fingerprint density at radius 1 is 1.40 bits per heavy atom. The molecular weight excluding hydrogens is 262 g/mol. The molecule has 0 spiro atoms. The summed E-state index contributed by atoms with van der Waals surface area (Å²) in [7, 11) is 1.48. The Labute approximate surface area is 117 Å². The average molecular weight is 281 g/mol. The summed E-state index contributed by atoms with van der Waals surface area (Å²) in [5.74, 6) is 0.733. The van der Waals surface area contributed by atoms with Crippen LogP contribution in [-0.4, -0.2) is 56.3 Å². The first-order chi connectivity index (χ1) is 9.70. The van der Waals surface area contributed by atoms with Crippen LogP contribution >= 0.6 is 0 Å². The van der Waals surface area contributed by atoms with Gasteiger partial charge in [-0.05, 0) is 12.1 Å². The number of hydrogen-bond donors (Lipinski definition) is 1. The van der Waals surface area contributed by atoms with Crippen LogP contribution < -0.4 is 14.8 Å². The van der Waals surface area contributed by atoms with Crippen molar-refractivity contribution < 1.29 is 14.4 Å². The highest BCUT2D eigenvalue weighted by Gasteiger charge is 2.17. The van der Waals surface area contributed by atoms with E-state index in [9.17, 15) is 10.1 Å². The molecular formula is C13H19N3O4. The number of rotatable bonds is 6. The Balaban J connectivity index is 1.92. The largest absolute Gasteiger partial charge is 0.496 e. The summed E-state index contributed by atoms with van der Waals surface area (Å²) in [5.41, 5.74) is -0.0651. The molecule has 0 bridgehead atoms. The normalized spacial score (nSPS) is 15.8. The number of hydrogen-bond acceptors (Lipinski definition) is 6. The minimum Gasteiger partial charge on any atom is -0.496 e. The van der Waals surface area contributed by atoms with Gasteiger partial charge in [-0.15, -0.1) is 0 Å². The maximum absolute atomic E-state index is 11.0. The van der Waals surface area contributed by atoms with Crippen LogP contribution in [-0.2, 0) is 0 Å². The maximum Gasteiger partial charge on any atom is 0.314 e. The van der Waals surface area contributed by atoms with Gasteiger partial charge in [0.1, 0.15) is 12.4 Å². The number of piperazine rings is 1. The highest BCUT2D eigenvalue weighted by Crippen LogP contribution is 2.30. The fraction of sp³-hybridized carbons (Fsp3) is 0.538. The third-order valence-electron chi connectivity index (χ3n) is 3.24. The molecule has 0 atom stereocenters. The van der Waals surface area contributed by atoms with E-state index in [0.717, 1.165) is 32.7 Å². The third kappa shape index (κ3) is 3.82. The van der Waals surface area contributed by atoms with E-state index in [1.807, 2.05) is 0 Å². The summed E-state index contributed by atoms with van der Waals surface area (Å²) in [6.45, 7) is 5.12. The first-order valence-corrected chi connectivity index (χ1v) is 6.59. The maximum atomic E-state index is 11.0. The molecule has 20 heavy (non-hydrogen) atoms. The SMILES string of the molecule is COc1ccc(OCCN2CCNCC2)c([N+](=O)[O-])c1. The molecule has 1 aliphatic rings. The Kier molecular flexibility index (Phi) is 5.14. The lowest BCUT2D eigenvalue weighted by atomic mass is 10.3. The van der Waals surface area contributed by atoms with Crippen LogP contribution in [0.2, 0.25) is 0 Å². The van der Waals surface area contributed by atoms with E-state index in [1.54, 1.807) is 12.1 Å². The second-order valence-electron chi connectivity index (χ2n) is 4.53. The van der Waals surface area contributed by atoms with Crippen molar-refractivity contribution in [2.24, 2.45) is 0 Å². The molecule has 1 N–H and O–H groups in total. The van der Waals surface area contributed by atoms with Crippen LogP contribution in [0.25, 0.3) is 0 Å². The van der Waals surface area contributed by atoms with Gasteiger partial charge in [0.05, 0.1) is 18.1 Å². The molecule has 1 saturated heterocycles. The number of nitrogens with one attached hydrogen (secondary N) is 1. The standard InChI is InChI=1S/C13H19N3O4/c1-19-11-2-3-13(12(10-11)16(17)18)20-9-8-15-6-4-14-5-7-15/h2-3,10,14H,4-9H2,1H3. The molecule has 1 aliphatic heterocycles. The average Bonchev–Trinajstić information content (AvgIpc) is 2.48. The predicted molar refractivity (Wildman–Crippen MR) is 74.5 cm³/mol. The van der Waals surface area contributed by atoms with Crippen LogP contribution in [0.5, 0.6) is 11.5 Å². The molecule has 0 aromatic heterocycles. The highest BCUT2D eigenvalue weighted by atomic mass is 16.6. The van der Waals surface area contributed by atoms with Gasteiger partial charge in [-0.3, -0.25) is 15.0 Å². The van der Waals surface area contributed by atoms with Crippen LogP contribution in [0.1, 0.15) is 0 Å². The van der Waals surface area contributed by atoms with E-state index in [2.05, 4.69) is 10.2 Å². The van der Waals surface area contributed by atoms with Gasteiger partial charge in [0.2, 0.25) is 0 Å². The van der Waals surface area contributed by atoms with E-state index < -0.39 is 4.92 Å². The van der Waals surface area contributed by atoms with Crippen molar-refractivity contribution >= 4 is 5.69 Å². The topological polar surface area (TPSA) is 76.9 Å². The first-order valence-electron chi connectivity index (χ1n) is 6.59. The minimum atomic E-state index is -0.456. The minimum absolute atomic E-state index is 0.0651.